The second-order valence-corrected chi connectivity index (χ2v) is 12.8. The largest absolute Gasteiger partial charge is 0.497 e. The van der Waals surface area contributed by atoms with Crippen molar-refractivity contribution in [2.24, 2.45) is 5.92 Å². The van der Waals surface area contributed by atoms with Crippen molar-refractivity contribution in [3.63, 3.8) is 0 Å². The Hall–Kier alpha value is -3.75. The molecular weight excluding hydrogens is 581 g/mol. The molecule has 4 unspecified atom stereocenters. The molecule has 1 aliphatic rings. The van der Waals surface area contributed by atoms with E-state index in [9.17, 15) is 19.1 Å². The molecule has 1 heterocycles. The van der Waals surface area contributed by atoms with Gasteiger partial charge in [0, 0.05) is 30.3 Å². The lowest BCUT2D eigenvalue weighted by atomic mass is 9.85. The summed E-state index contributed by atoms with van der Waals surface area (Å²) in [6, 6.07) is 17.2. The van der Waals surface area contributed by atoms with E-state index in [1.807, 2.05) is 56.9 Å². The fraction of sp³-hybridized carbons (Fsp3) is 0.474. The minimum atomic E-state index is -0.916. The minimum Gasteiger partial charge on any atom is -0.497 e. The topological polar surface area (TPSA) is 90.9 Å². The zero-order valence-corrected chi connectivity index (χ0v) is 27.9. The number of carbonyl (C=O) groups excluding carboxylic acids is 2. The van der Waals surface area contributed by atoms with Gasteiger partial charge in [-0.15, -0.1) is 0 Å². The third kappa shape index (κ3) is 9.63. The zero-order valence-electron chi connectivity index (χ0n) is 27.9. The summed E-state index contributed by atoms with van der Waals surface area (Å²) in [4.78, 5) is 29.0. The molecule has 1 aliphatic heterocycles. The molecule has 248 valence electrons. The van der Waals surface area contributed by atoms with Gasteiger partial charge in [-0.05, 0) is 130 Å². The van der Waals surface area contributed by atoms with Crippen molar-refractivity contribution in [3.8, 4) is 5.75 Å². The monoisotopic (exact) mass is 631 g/mol. The molecule has 4 rings (SSSR count). The van der Waals surface area contributed by atoms with Gasteiger partial charge in [-0.1, -0.05) is 32.0 Å². The van der Waals surface area contributed by atoms with Crippen LogP contribution in [-0.4, -0.2) is 66.8 Å². The molecule has 8 heteroatoms. The van der Waals surface area contributed by atoms with Crippen LogP contribution in [0.25, 0.3) is 0 Å². The molecule has 3 N–H and O–H groups in total. The Labute approximate surface area is 273 Å². The summed E-state index contributed by atoms with van der Waals surface area (Å²) < 4.78 is 19.7. The van der Waals surface area contributed by atoms with Gasteiger partial charge >= 0.3 is 0 Å². The van der Waals surface area contributed by atoms with Crippen LogP contribution >= 0.6 is 0 Å². The summed E-state index contributed by atoms with van der Waals surface area (Å²) in [5, 5.41) is 18.3. The molecule has 3 aromatic carbocycles. The van der Waals surface area contributed by atoms with Crippen molar-refractivity contribution in [2.45, 2.75) is 84.4 Å². The van der Waals surface area contributed by atoms with E-state index in [1.54, 1.807) is 19.2 Å². The number of rotatable bonds is 14. The van der Waals surface area contributed by atoms with Gasteiger partial charge in [0.25, 0.3) is 11.8 Å². The maximum absolute atomic E-state index is 14.4. The fourth-order valence-corrected chi connectivity index (χ4v) is 6.58. The van der Waals surface area contributed by atoms with E-state index in [1.165, 1.54) is 17.7 Å². The van der Waals surface area contributed by atoms with Gasteiger partial charge in [0.05, 0.1) is 19.3 Å². The lowest BCUT2D eigenvalue weighted by molar-refractivity contribution is 0.0599. The summed E-state index contributed by atoms with van der Waals surface area (Å²) >= 11 is 0. The molecule has 4 atom stereocenters. The minimum absolute atomic E-state index is 0.0943. The van der Waals surface area contributed by atoms with Gasteiger partial charge < -0.3 is 25.4 Å². The normalized spacial score (nSPS) is 17.6. The highest BCUT2D eigenvalue weighted by atomic mass is 19.1. The molecule has 0 bridgehead atoms. The Bertz CT molecular complexity index is 1440. The van der Waals surface area contributed by atoms with E-state index in [-0.39, 0.29) is 30.1 Å². The third-order valence-electron chi connectivity index (χ3n) is 8.77. The third-order valence-corrected chi connectivity index (χ3v) is 8.77. The SMILES string of the molecule is CCCN(CCC)C(=O)c1cc(C)cc(C(=O)NC(Cc2cc(C)cc(F)c2)C(O)C2CCC(Cc3cccc(OC)c3)CN2)c1. The molecule has 0 aromatic heterocycles. The molecule has 0 aliphatic carbocycles. The fourth-order valence-electron chi connectivity index (χ4n) is 6.58. The quantitative estimate of drug-likeness (QED) is 0.202. The number of carbonyl (C=O) groups is 2. The van der Waals surface area contributed by atoms with E-state index in [0.717, 1.165) is 55.5 Å². The van der Waals surface area contributed by atoms with Crippen molar-refractivity contribution in [2.75, 3.05) is 26.7 Å². The number of hydrogen-bond acceptors (Lipinski definition) is 5. The van der Waals surface area contributed by atoms with Crippen LogP contribution in [0.3, 0.4) is 0 Å². The maximum Gasteiger partial charge on any atom is 0.253 e. The van der Waals surface area contributed by atoms with E-state index in [0.29, 0.717) is 35.7 Å². The van der Waals surface area contributed by atoms with E-state index >= 15 is 0 Å². The van der Waals surface area contributed by atoms with Gasteiger partial charge in [-0.3, -0.25) is 9.59 Å². The standard InChI is InChI=1S/C38H50FN3O4/c1-6-13-42(14-7-2)38(45)31-17-26(4)16-30(23-31)37(44)41-35(22-29-15-25(3)18-32(39)20-29)36(43)34-12-11-28(24-40-34)19-27-9-8-10-33(21-27)46-5/h8-10,15-18,20-21,23,28,34-36,40,43H,6-7,11-14,19,22,24H2,1-5H3,(H,41,44). The average Bonchev–Trinajstić information content (AvgIpc) is 3.03. The Morgan fingerprint density at radius 2 is 1.70 bits per heavy atom. The van der Waals surface area contributed by atoms with Crippen molar-refractivity contribution in [1.82, 2.24) is 15.5 Å². The lowest BCUT2D eigenvalue weighted by Gasteiger charge is -2.36. The predicted octanol–water partition coefficient (Wildman–Crippen LogP) is 6.03. The molecular formula is C38H50FN3O4. The number of hydrogen-bond donors (Lipinski definition) is 3. The Balaban J connectivity index is 1.51. The summed E-state index contributed by atoms with van der Waals surface area (Å²) in [6.07, 6.45) is 3.59. The number of aliphatic hydroxyl groups is 1. The number of nitrogens with zero attached hydrogens (tertiary/aromatic N) is 1. The number of nitrogens with one attached hydrogen (secondary N) is 2. The number of aliphatic hydroxyl groups excluding tert-OH is 1. The first kappa shape index (κ1) is 35.1. The van der Waals surface area contributed by atoms with Crippen molar-refractivity contribution in [1.29, 1.82) is 0 Å². The zero-order chi connectivity index (χ0) is 33.2. The van der Waals surface area contributed by atoms with Crippen LogP contribution in [0, 0.1) is 25.6 Å². The first-order chi connectivity index (χ1) is 22.1. The summed E-state index contributed by atoms with van der Waals surface area (Å²) in [6.45, 7) is 9.81. The highest BCUT2D eigenvalue weighted by Gasteiger charge is 2.33. The molecule has 0 saturated carbocycles. The van der Waals surface area contributed by atoms with Crippen molar-refractivity contribution in [3.05, 3.63) is 99.9 Å². The number of halogens is 1. The lowest BCUT2D eigenvalue weighted by Crippen LogP contribution is -2.56. The smallest absolute Gasteiger partial charge is 0.253 e. The van der Waals surface area contributed by atoms with Gasteiger partial charge in [-0.2, -0.15) is 0 Å². The van der Waals surface area contributed by atoms with Crippen LogP contribution in [0.4, 0.5) is 4.39 Å². The first-order valence-corrected chi connectivity index (χ1v) is 16.6. The molecule has 0 radical (unpaired) electrons. The summed E-state index contributed by atoms with van der Waals surface area (Å²) in [7, 11) is 1.67. The van der Waals surface area contributed by atoms with Crippen LogP contribution in [0.5, 0.6) is 5.75 Å². The van der Waals surface area contributed by atoms with Crippen LogP contribution in [0.15, 0.2) is 60.7 Å². The highest BCUT2D eigenvalue weighted by Crippen LogP contribution is 2.25. The van der Waals surface area contributed by atoms with Crippen molar-refractivity contribution >= 4 is 11.8 Å². The average molecular weight is 632 g/mol. The number of methoxy groups -OCH3 is 1. The molecule has 46 heavy (non-hydrogen) atoms. The number of aryl methyl sites for hydroxylation is 2. The Kier molecular flexibility index (Phi) is 12.8. The molecule has 7 nitrogen and oxygen atoms in total. The second-order valence-electron chi connectivity index (χ2n) is 12.8. The number of amides is 2. The number of benzene rings is 3. The van der Waals surface area contributed by atoms with E-state index in [2.05, 4.69) is 22.8 Å². The van der Waals surface area contributed by atoms with Crippen LogP contribution < -0.4 is 15.4 Å². The molecule has 1 fully saturated rings. The Morgan fingerprint density at radius 1 is 0.978 bits per heavy atom. The molecule has 1 saturated heterocycles. The second kappa shape index (κ2) is 16.7. The van der Waals surface area contributed by atoms with Gasteiger partial charge in [0.1, 0.15) is 11.6 Å². The molecule has 3 aromatic rings. The maximum atomic E-state index is 14.4. The number of piperidine rings is 1. The van der Waals surface area contributed by atoms with Gasteiger partial charge in [-0.25, -0.2) is 4.39 Å². The summed E-state index contributed by atoms with van der Waals surface area (Å²) in [5.74, 6) is 0.418. The van der Waals surface area contributed by atoms with Crippen LogP contribution in [-0.2, 0) is 12.8 Å². The summed E-state index contributed by atoms with van der Waals surface area (Å²) in [5.41, 5.74) is 4.32. The Morgan fingerprint density at radius 3 is 2.35 bits per heavy atom. The van der Waals surface area contributed by atoms with Gasteiger partial charge in [0.15, 0.2) is 0 Å². The van der Waals surface area contributed by atoms with Gasteiger partial charge in [0.2, 0.25) is 0 Å². The van der Waals surface area contributed by atoms with Crippen LogP contribution in [0.1, 0.15) is 82.5 Å². The first-order valence-electron chi connectivity index (χ1n) is 16.6. The molecule has 0 spiro atoms. The van der Waals surface area contributed by atoms with E-state index in [4.69, 9.17) is 4.74 Å². The number of ether oxygens (including phenoxy) is 1. The van der Waals surface area contributed by atoms with E-state index < -0.39 is 12.1 Å². The highest BCUT2D eigenvalue weighted by molar-refractivity contribution is 6.00. The van der Waals surface area contributed by atoms with Crippen LogP contribution in [0.2, 0.25) is 0 Å². The predicted molar refractivity (Wildman–Crippen MR) is 181 cm³/mol. The van der Waals surface area contributed by atoms with Crippen molar-refractivity contribution < 1.29 is 23.8 Å². The molecule has 2 amide bonds.